The molecule has 0 spiro atoms. The topological polar surface area (TPSA) is 71.4 Å². The SMILES string of the molecule is CC12C[C@H](c3ccc(/C=C/c4ccc(S(C)(=O)=O)cc4)cc3)C3=C4CCC(=O)C=C4CCC3C1CC[C@]2(C)O. The minimum Gasteiger partial charge on any atom is -0.390 e. The second kappa shape index (κ2) is 9.42. The highest BCUT2D eigenvalue weighted by atomic mass is 32.2. The van der Waals surface area contributed by atoms with Crippen molar-refractivity contribution in [3.8, 4) is 0 Å². The van der Waals surface area contributed by atoms with Crippen molar-refractivity contribution in [2.45, 2.75) is 75.2 Å². The Hall–Kier alpha value is -2.76. The first-order chi connectivity index (χ1) is 18.5. The standard InChI is InChI=1S/C34H38O4S/c1-33-21-30(24-10-6-22(7-11-24)4-5-23-8-14-27(15-9-23)39(3,37)38)32-28-17-13-26(35)20-25(28)12-16-29(32)31(33)18-19-34(33,2)36/h4-11,14-15,20,29-31,36H,12-13,16-19,21H2,1-3H3/b5-4+/t29?,30-,31?,33?,34+/m1/s1. The fourth-order valence-electron chi connectivity index (χ4n) is 8.04. The van der Waals surface area contributed by atoms with Gasteiger partial charge in [-0.3, -0.25) is 4.79 Å². The van der Waals surface area contributed by atoms with Crippen LogP contribution in [0.1, 0.15) is 81.4 Å². The van der Waals surface area contributed by atoms with Crippen molar-refractivity contribution in [2.75, 3.05) is 6.26 Å². The van der Waals surface area contributed by atoms with E-state index in [0.29, 0.717) is 23.2 Å². The molecule has 0 aromatic heterocycles. The van der Waals surface area contributed by atoms with E-state index in [1.54, 1.807) is 17.7 Å². The number of ketones is 1. The zero-order chi connectivity index (χ0) is 27.6. The monoisotopic (exact) mass is 542 g/mol. The molecule has 2 saturated carbocycles. The molecule has 4 aliphatic carbocycles. The lowest BCUT2D eigenvalue weighted by atomic mass is 9.51. The molecule has 2 aromatic carbocycles. The van der Waals surface area contributed by atoms with Crippen molar-refractivity contribution >= 4 is 27.8 Å². The molecule has 0 amide bonds. The Morgan fingerprint density at radius 1 is 0.897 bits per heavy atom. The van der Waals surface area contributed by atoms with Crippen molar-refractivity contribution in [2.24, 2.45) is 17.3 Å². The lowest BCUT2D eigenvalue weighted by Gasteiger charge is -2.54. The van der Waals surface area contributed by atoms with E-state index >= 15 is 0 Å². The predicted molar refractivity (Wildman–Crippen MR) is 156 cm³/mol. The van der Waals surface area contributed by atoms with Gasteiger partial charge < -0.3 is 5.11 Å². The number of carbonyl (C=O) groups excluding carboxylic acids is 1. The molecule has 3 unspecified atom stereocenters. The first-order valence-corrected chi connectivity index (χ1v) is 16.1. The van der Waals surface area contributed by atoms with Crippen LogP contribution in [0.5, 0.6) is 0 Å². The number of hydrogen-bond donors (Lipinski definition) is 1. The summed E-state index contributed by atoms with van der Waals surface area (Å²) in [5.41, 5.74) is 6.77. The van der Waals surface area contributed by atoms with Crippen LogP contribution in [0, 0.1) is 17.3 Å². The molecule has 4 aliphatic rings. The molecule has 1 N–H and O–H groups in total. The van der Waals surface area contributed by atoms with Gasteiger partial charge in [0.1, 0.15) is 0 Å². The summed E-state index contributed by atoms with van der Waals surface area (Å²) in [5.74, 6) is 1.46. The third-order valence-corrected chi connectivity index (χ3v) is 11.5. The maximum absolute atomic E-state index is 12.2. The molecule has 0 aliphatic heterocycles. The molecule has 39 heavy (non-hydrogen) atoms. The van der Waals surface area contributed by atoms with Gasteiger partial charge in [-0.25, -0.2) is 8.42 Å². The van der Waals surface area contributed by atoms with Crippen LogP contribution < -0.4 is 0 Å². The molecule has 0 heterocycles. The van der Waals surface area contributed by atoms with Crippen molar-refractivity contribution in [1.29, 1.82) is 0 Å². The van der Waals surface area contributed by atoms with Gasteiger partial charge in [0.2, 0.25) is 0 Å². The lowest BCUT2D eigenvalue weighted by molar-refractivity contribution is -0.114. The second-order valence-corrected chi connectivity index (χ2v) is 14.7. The van der Waals surface area contributed by atoms with Crippen molar-refractivity contribution < 1.29 is 18.3 Å². The number of allylic oxidation sites excluding steroid dienone is 4. The van der Waals surface area contributed by atoms with Crippen LogP contribution in [-0.2, 0) is 14.6 Å². The van der Waals surface area contributed by atoms with E-state index in [1.807, 2.05) is 31.2 Å². The average Bonchev–Trinajstić information content (AvgIpc) is 3.15. The molecule has 2 aromatic rings. The number of benzene rings is 2. The minimum atomic E-state index is -3.20. The number of aliphatic hydroxyl groups is 1. The van der Waals surface area contributed by atoms with E-state index < -0.39 is 15.4 Å². The van der Waals surface area contributed by atoms with E-state index in [4.69, 9.17) is 0 Å². The molecule has 0 radical (unpaired) electrons. The van der Waals surface area contributed by atoms with Crippen LogP contribution in [0.15, 0.2) is 76.2 Å². The molecule has 4 nitrogen and oxygen atoms in total. The Kier molecular flexibility index (Phi) is 6.39. The normalized spacial score (nSPS) is 32.6. The summed E-state index contributed by atoms with van der Waals surface area (Å²) < 4.78 is 23.5. The second-order valence-electron chi connectivity index (χ2n) is 12.6. The van der Waals surface area contributed by atoms with E-state index in [9.17, 15) is 18.3 Å². The number of fused-ring (bicyclic) bond motifs is 4. The number of rotatable bonds is 4. The van der Waals surface area contributed by atoms with E-state index in [0.717, 1.165) is 49.7 Å². The highest BCUT2D eigenvalue weighted by Crippen LogP contribution is 2.66. The van der Waals surface area contributed by atoms with Gasteiger partial charge in [-0.2, -0.15) is 0 Å². The van der Waals surface area contributed by atoms with Gasteiger partial charge in [0.15, 0.2) is 15.6 Å². The van der Waals surface area contributed by atoms with Gasteiger partial charge in [-0.15, -0.1) is 0 Å². The van der Waals surface area contributed by atoms with Crippen molar-refractivity contribution in [3.05, 3.63) is 88.0 Å². The lowest BCUT2D eigenvalue weighted by Crippen LogP contribution is -2.50. The van der Waals surface area contributed by atoms with Gasteiger partial charge in [0.25, 0.3) is 0 Å². The highest BCUT2D eigenvalue weighted by molar-refractivity contribution is 7.90. The number of hydrogen-bond acceptors (Lipinski definition) is 4. The number of carbonyl (C=O) groups is 1. The summed E-state index contributed by atoms with van der Waals surface area (Å²) in [4.78, 5) is 12.6. The molecule has 5 heteroatoms. The highest BCUT2D eigenvalue weighted by Gasteiger charge is 2.60. The van der Waals surface area contributed by atoms with Crippen molar-refractivity contribution in [3.63, 3.8) is 0 Å². The van der Waals surface area contributed by atoms with Crippen LogP contribution >= 0.6 is 0 Å². The van der Waals surface area contributed by atoms with E-state index in [-0.39, 0.29) is 17.1 Å². The molecule has 2 fully saturated rings. The van der Waals surface area contributed by atoms with Crippen LogP contribution in [0.3, 0.4) is 0 Å². The summed E-state index contributed by atoms with van der Waals surface area (Å²) >= 11 is 0. The molecule has 204 valence electrons. The fourth-order valence-corrected chi connectivity index (χ4v) is 8.67. The molecule has 5 atom stereocenters. The van der Waals surface area contributed by atoms with Crippen LogP contribution in [-0.4, -0.2) is 31.2 Å². The summed E-state index contributed by atoms with van der Waals surface area (Å²) in [6, 6.07) is 15.7. The quantitative estimate of drug-likeness (QED) is 0.426. The number of sulfone groups is 1. The summed E-state index contributed by atoms with van der Waals surface area (Å²) in [5, 5.41) is 11.5. The van der Waals surface area contributed by atoms with Crippen molar-refractivity contribution in [1.82, 2.24) is 0 Å². The zero-order valence-electron chi connectivity index (χ0n) is 23.1. The van der Waals surface area contributed by atoms with Gasteiger partial charge in [0, 0.05) is 24.0 Å². The van der Waals surface area contributed by atoms with E-state index in [1.165, 1.54) is 23.0 Å². The van der Waals surface area contributed by atoms with Crippen LogP contribution in [0.4, 0.5) is 0 Å². The minimum absolute atomic E-state index is 0.130. The first-order valence-electron chi connectivity index (χ1n) is 14.2. The summed E-state index contributed by atoms with van der Waals surface area (Å²) in [6.07, 6.45) is 13.6. The van der Waals surface area contributed by atoms with E-state index in [2.05, 4.69) is 37.3 Å². The molecule has 0 saturated heterocycles. The Balaban J connectivity index is 1.33. The Labute approximate surface area is 232 Å². The maximum atomic E-state index is 12.2. The third-order valence-electron chi connectivity index (χ3n) is 10.4. The third kappa shape index (κ3) is 4.58. The Morgan fingerprint density at radius 2 is 1.54 bits per heavy atom. The smallest absolute Gasteiger partial charge is 0.175 e. The van der Waals surface area contributed by atoms with Crippen LogP contribution in [0.25, 0.3) is 12.2 Å². The molecular weight excluding hydrogens is 504 g/mol. The van der Waals surface area contributed by atoms with Gasteiger partial charge in [-0.05, 0) is 103 Å². The predicted octanol–water partition coefficient (Wildman–Crippen LogP) is 6.91. The average molecular weight is 543 g/mol. The molecular formula is C34H38O4S. The fraction of sp³-hybridized carbons (Fsp3) is 0.441. The van der Waals surface area contributed by atoms with Gasteiger partial charge in [-0.1, -0.05) is 61.0 Å². The van der Waals surface area contributed by atoms with Gasteiger partial charge >= 0.3 is 0 Å². The first kappa shape index (κ1) is 26.5. The Bertz CT molecular complexity index is 1510. The molecule has 6 rings (SSSR count). The summed E-state index contributed by atoms with van der Waals surface area (Å²) in [7, 11) is -3.20. The maximum Gasteiger partial charge on any atom is 0.175 e. The Morgan fingerprint density at radius 3 is 2.18 bits per heavy atom. The van der Waals surface area contributed by atoms with Crippen LogP contribution in [0.2, 0.25) is 0 Å². The largest absolute Gasteiger partial charge is 0.390 e. The summed E-state index contributed by atoms with van der Waals surface area (Å²) in [6.45, 7) is 4.37. The molecule has 0 bridgehead atoms. The zero-order valence-corrected chi connectivity index (χ0v) is 23.9. The van der Waals surface area contributed by atoms with Gasteiger partial charge in [0.05, 0.1) is 10.5 Å².